The SMILES string of the molecule is NC[C@H]1CCC[C@H]1C(=O)Nc1cc(C2CC2)nn1C1CCS(=O)(=O)C1. The predicted molar refractivity (Wildman–Crippen MR) is 95.0 cm³/mol. The Hall–Kier alpha value is -1.41. The first-order chi connectivity index (χ1) is 12.0. The molecule has 138 valence electrons. The van der Waals surface area contributed by atoms with Gasteiger partial charge in [0.1, 0.15) is 5.82 Å². The van der Waals surface area contributed by atoms with Gasteiger partial charge in [0.25, 0.3) is 0 Å². The molecule has 4 rings (SSSR count). The summed E-state index contributed by atoms with van der Waals surface area (Å²) in [7, 11) is -3.00. The van der Waals surface area contributed by atoms with Gasteiger partial charge in [-0.15, -0.1) is 0 Å². The molecule has 1 saturated heterocycles. The highest BCUT2D eigenvalue weighted by Gasteiger charge is 2.36. The van der Waals surface area contributed by atoms with Crippen molar-refractivity contribution in [2.24, 2.45) is 17.6 Å². The Kier molecular flexibility index (Phi) is 4.35. The quantitative estimate of drug-likeness (QED) is 0.820. The lowest BCUT2D eigenvalue weighted by Gasteiger charge is -2.19. The number of nitrogens with two attached hydrogens (primary N) is 1. The van der Waals surface area contributed by atoms with Crippen molar-refractivity contribution in [3.63, 3.8) is 0 Å². The molecule has 7 nitrogen and oxygen atoms in total. The fraction of sp³-hybridized carbons (Fsp3) is 0.765. The highest BCUT2D eigenvalue weighted by atomic mass is 32.2. The number of hydrogen-bond acceptors (Lipinski definition) is 5. The molecule has 2 saturated carbocycles. The molecule has 3 aliphatic rings. The van der Waals surface area contributed by atoms with Crippen molar-refractivity contribution in [1.29, 1.82) is 0 Å². The summed E-state index contributed by atoms with van der Waals surface area (Å²) in [6.45, 7) is 0.533. The number of carbonyl (C=O) groups is 1. The van der Waals surface area contributed by atoms with E-state index in [1.54, 1.807) is 4.68 Å². The molecule has 3 atom stereocenters. The number of hydrogen-bond donors (Lipinski definition) is 2. The maximum atomic E-state index is 12.7. The number of amides is 1. The van der Waals surface area contributed by atoms with Crippen LogP contribution in [0.3, 0.4) is 0 Å². The van der Waals surface area contributed by atoms with Crippen LogP contribution >= 0.6 is 0 Å². The second-order valence-electron chi connectivity index (χ2n) is 7.75. The minimum Gasteiger partial charge on any atom is -0.330 e. The molecule has 8 heteroatoms. The first-order valence-corrected chi connectivity index (χ1v) is 11.1. The normalized spacial score (nSPS) is 31.3. The van der Waals surface area contributed by atoms with Crippen molar-refractivity contribution in [3.8, 4) is 0 Å². The standard InChI is InChI=1S/C17H26N4O3S/c18-9-12-2-1-3-14(12)17(22)19-16-8-15(11-4-5-11)20-21(16)13-6-7-25(23,24)10-13/h8,11-14H,1-7,9-10,18H2,(H,19,22)/t12-,13?,14-/m1/s1. The molecule has 1 aliphatic heterocycles. The molecule has 0 aromatic carbocycles. The van der Waals surface area contributed by atoms with Crippen LogP contribution in [-0.2, 0) is 14.6 Å². The summed E-state index contributed by atoms with van der Waals surface area (Å²) < 4.78 is 25.5. The van der Waals surface area contributed by atoms with Crippen LogP contribution in [0.4, 0.5) is 5.82 Å². The van der Waals surface area contributed by atoms with E-state index in [4.69, 9.17) is 5.73 Å². The summed E-state index contributed by atoms with van der Waals surface area (Å²) in [5, 5.41) is 7.69. The fourth-order valence-corrected chi connectivity index (χ4v) is 5.91. The molecule has 0 bridgehead atoms. The van der Waals surface area contributed by atoms with Crippen LogP contribution in [0, 0.1) is 11.8 Å². The molecular formula is C17H26N4O3S. The first-order valence-electron chi connectivity index (χ1n) is 9.27. The number of nitrogens with zero attached hydrogens (tertiary/aromatic N) is 2. The summed E-state index contributed by atoms with van der Waals surface area (Å²) in [5.74, 6) is 1.60. The summed E-state index contributed by atoms with van der Waals surface area (Å²) in [4.78, 5) is 12.7. The Labute approximate surface area is 148 Å². The second-order valence-corrected chi connectivity index (χ2v) is 9.98. The lowest BCUT2D eigenvalue weighted by Crippen LogP contribution is -2.31. The minimum atomic E-state index is -3.00. The van der Waals surface area contributed by atoms with Crippen molar-refractivity contribution < 1.29 is 13.2 Å². The smallest absolute Gasteiger partial charge is 0.228 e. The van der Waals surface area contributed by atoms with E-state index in [0.29, 0.717) is 24.7 Å². The van der Waals surface area contributed by atoms with Crippen LogP contribution in [0.1, 0.15) is 56.2 Å². The van der Waals surface area contributed by atoms with Crippen LogP contribution < -0.4 is 11.1 Å². The third-order valence-corrected chi connectivity index (χ3v) is 7.60. The average molecular weight is 366 g/mol. The Morgan fingerprint density at radius 3 is 2.72 bits per heavy atom. The molecule has 0 radical (unpaired) electrons. The van der Waals surface area contributed by atoms with Gasteiger partial charge in [-0.05, 0) is 44.6 Å². The van der Waals surface area contributed by atoms with Gasteiger partial charge in [0.15, 0.2) is 9.84 Å². The van der Waals surface area contributed by atoms with Crippen LogP contribution in [0.2, 0.25) is 0 Å². The first kappa shape index (κ1) is 17.0. The van der Waals surface area contributed by atoms with E-state index >= 15 is 0 Å². The molecule has 0 spiro atoms. The van der Waals surface area contributed by atoms with Crippen LogP contribution in [-0.4, -0.2) is 42.2 Å². The van der Waals surface area contributed by atoms with Crippen LogP contribution in [0.25, 0.3) is 0 Å². The van der Waals surface area contributed by atoms with E-state index < -0.39 is 9.84 Å². The number of anilines is 1. The number of nitrogens with one attached hydrogen (secondary N) is 1. The summed E-state index contributed by atoms with van der Waals surface area (Å²) in [6, 6.07) is 1.76. The van der Waals surface area contributed by atoms with Crippen molar-refractivity contribution in [2.45, 2.75) is 50.5 Å². The van der Waals surface area contributed by atoms with Gasteiger partial charge < -0.3 is 11.1 Å². The van der Waals surface area contributed by atoms with Gasteiger partial charge in [0.05, 0.1) is 23.2 Å². The van der Waals surface area contributed by atoms with E-state index in [1.165, 1.54) is 0 Å². The van der Waals surface area contributed by atoms with Crippen LogP contribution in [0.15, 0.2) is 6.07 Å². The summed E-state index contributed by atoms with van der Waals surface area (Å²) in [6.07, 6.45) is 5.70. The van der Waals surface area contributed by atoms with Crippen LogP contribution in [0.5, 0.6) is 0 Å². The lowest BCUT2D eigenvalue weighted by atomic mass is 9.95. The zero-order chi connectivity index (χ0) is 17.6. The summed E-state index contributed by atoms with van der Waals surface area (Å²) >= 11 is 0. The van der Waals surface area contributed by atoms with Gasteiger partial charge in [0, 0.05) is 17.9 Å². The Balaban J connectivity index is 1.56. The molecule has 25 heavy (non-hydrogen) atoms. The van der Waals surface area contributed by atoms with Gasteiger partial charge in [-0.1, -0.05) is 6.42 Å². The van der Waals surface area contributed by atoms with Gasteiger partial charge >= 0.3 is 0 Å². The Morgan fingerprint density at radius 1 is 1.28 bits per heavy atom. The second kappa shape index (κ2) is 6.39. The molecular weight excluding hydrogens is 340 g/mol. The van der Waals surface area contributed by atoms with Crippen molar-refractivity contribution in [1.82, 2.24) is 9.78 Å². The zero-order valence-corrected chi connectivity index (χ0v) is 15.2. The fourth-order valence-electron chi connectivity index (χ4n) is 4.21. The highest BCUT2D eigenvalue weighted by molar-refractivity contribution is 7.91. The van der Waals surface area contributed by atoms with E-state index in [1.807, 2.05) is 6.07 Å². The molecule has 1 aromatic heterocycles. The van der Waals surface area contributed by atoms with E-state index in [2.05, 4.69) is 10.4 Å². The molecule has 1 unspecified atom stereocenters. The molecule has 3 N–H and O–H groups in total. The third kappa shape index (κ3) is 3.46. The van der Waals surface area contributed by atoms with Gasteiger partial charge in [0.2, 0.25) is 5.91 Å². The molecule has 1 amide bonds. The van der Waals surface area contributed by atoms with Gasteiger partial charge in [-0.3, -0.25) is 4.79 Å². The lowest BCUT2D eigenvalue weighted by molar-refractivity contribution is -0.120. The maximum Gasteiger partial charge on any atom is 0.228 e. The molecule has 3 fully saturated rings. The third-order valence-electron chi connectivity index (χ3n) is 5.85. The summed E-state index contributed by atoms with van der Waals surface area (Å²) in [5.41, 5.74) is 6.78. The Bertz CT molecular complexity index is 769. The molecule has 2 aliphatic carbocycles. The maximum absolute atomic E-state index is 12.7. The highest BCUT2D eigenvalue weighted by Crippen LogP contribution is 2.41. The topological polar surface area (TPSA) is 107 Å². The van der Waals surface area contributed by atoms with Crippen molar-refractivity contribution in [3.05, 3.63) is 11.8 Å². The van der Waals surface area contributed by atoms with Crippen molar-refractivity contribution in [2.75, 3.05) is 23.4 Å². The Morgan fingerprint density at radius 2 is 2.08 bits per heavy atom. The number of rotatable bonds is 5. The van der Waals surface area contributed by atoms with E-state index in [9.17, 15) is 13.2 Å². The van der Waals surface area contributed by atoms with Gasteiger partial charge in [-0.2, -0.15) is 5.10 Å². The monoisotopic (exact) mass is 366 g/mol. The average Bonchev–Trinajstić information content (AvgIpc) is 3.01. The van der Waals surface area contributed by atoms with E-state index in [0.717, 1.165) is 37.8 Å². The largest absolute Gasteiger partial charge is 0.330 e. The zero-order valence-electron chi connectivity index (χ0n) is 14.4. The van der Waals surface area contributed by atoms with Gasteiger partial charge in [-0.25, -0.2) is 13.1 Å². The molecule has 1 aromatic rings. The number of sulfone groups is 1. The van der Waals surface area contributed by atoms with Crippen molar-refractivity contribution >= 4 is 21.6 Å². The predicted octanol–water partition coefficient (Wildman–Crippen LogP) is 1.43. The minimum absolute atomic E-state index is 0.00250. The number of aromatic nitrogens is 2. The van der Waals surface area contributed by atoms with E-state index in [-0.39, 0.29) is 35.3 Å². The number of carbonyl (C=O) groups excluding carboxylic acids is 1. The molecule has 2 heterocycles.